The van der Waals surface area contributed by atoms with Crippen molar-refractivity contribution in [2.75, 3.05) is 13.1 Å². The molecule has 0 atom stereocenters. The highest BCUT2D eigenvalue weighted by molar-refractivity contribution is 9.10. The molecular weight excluding hydrogens is 244 g/mol. The molecule has 2 rings (SSSR count). The van der Waals surface area contributed by atoms with Gasteiger partial charge in [0.05, 0.1) is 0 Å². The fourth-order valence-electron chi connectivity index (χ4n) is 1.85. The van der Waals surface area contributed by atoms with Crippen LogP contribution in [0.25, 0.3) is 0 Å². The highest BCUT2D eigenvalue weighted by atomic mass is 79.9. The first kappa shape index (κ1) is 9.93. The van der Waals surface area contributed by atoms with Crippen LogP contribution in [0.4, 0.5) is 0 Å². The van der Waals surface area contributed by atoms with Crippen molar-refractivity contribution in [3.05, 3.63) is 33.2 Å². The van der Waals surface area contributed by atoms with Gasteiger partial charge in [-0.05, 0) is 32.0 Å². The van der Waals surface area contributed by atoms with Crippen LogP contribution in [-0.2, 0) is 0 Å². The number of nitrogens with one attached hydrogen (secondary N) is 1. The third-order valence-corrected chi connectivity index (χ3v) is 3.11. The molecular formula is C10H13BrN2O. The summed E-state index contributed by atoms with van der Waals surface area (Å²) in [6.45, 7) is 2.01. The lowest BCUT2D eigenvalue weighted by Crippen LogP contribution is -2.33. The Labute approximate surface area is 91.3 Å². The van der Waals surface area contributed by atoms with Crippen molar-refractivity contribution in [1.82, 2.24) is 9.88 Å². The maximum Gasteiger partial charge on any atom is 0.251 e. The van der Waals surface area contributed by atoms with E-state index in [1.807, 2.05) is 16.8 Å². The van der Waals surface area contributed by atoms with Crippen LogP contribution >= 0.6 is 15.9 Å². The molecule has 3 nitrogen and oxygen atoms in total. The van der Waals surface area contributed by atoms with Crippen molar-refractivity contribution in [2.45, 2.75) is 18.9 Å². The van der Waals surface area contributed by atoms with Gasteiger partial charge in [-0.15, -0.1) is 0 Å². The van der Waals surface area contributed by atoms with Crippen LogP contribution in [-0.4, -0.2) is 17.7 Å². The standard InChI is InChI=1S/C10H13BrN2O/c11-8-3-6-13(10(14)7-8)9-1-4-12-5-2-9/h3,6-7,9,12H,1-2,4-5H2. The van der Waals surface area contributed by atoms with E-state index in [9.17, 15) is 4.79 Å². The van der Waals surface area contributed by atoms with Crippen LogP contribution in [0.5, 0.6) is 0 Å². The highest BCUT2D eigenvalue weighted by Gasteiger charge is 2.15. The summed E-state index contributed by atoms with van der Waals surface area (Å²) in [7, 11) is 0. The molecule has 1 saturated heterocycles. The second-order valence-electron chi connectivity index (χ2n) is 3.57. The second-order valence-corrected chi connectivity index (χ2v) is 4.49. The molecule has 4 heteroatoms. The summed E-state index contributed by atoms with van der Waals surface area (Å²) in [6, 6.07) is 3.92. The van der Waals surface area contributed by atoms with Crippen molar-refractivity contribution in [3.63, 3.8) is 0 Å². The first-order valence-electron chi connectivity index (χ1n) is 4.86. The predicted octanol–water partition coefficient (Wildman–Crippen LogP) is 1.54. The summed E-state index contributed by atoms with van der Waals surface area (Å²) in [5.41, 5.74) is 0.0891. The lowest BCUT2D eigenvalue weighted by Gasteiger charge is -2.24. The number of hydrogen-bond donors (Lipinski definition) is 1. The van der Waals surface area contributed by atoms with Crippen LogP contribution < -0.4 is 10.9 Å². The summed E-state index contributed by atoms with van der Waals surface area (Å²) in [6.07, 6.45) is 3.96. The molecule has 1 N–H and O–H groups in total. The van der Waals surface area contributed by atoms with E-state index in [1.54, 1.807) is 6.07 Å². The molecule has 0 radical (unpaired) electrons. The number of aromatic nitrogens is 1. The Balaban J connectivity index is 2.26. The van der Waals surface area contributed by atoms with Gasteiger partial charge in [0, 0.05) is 22.8 Å². The minimum absolute atomic E-state index is 0.0891. The number of halogens is 1. The molecule has 0 aliphatic carbocycles. The number of pyridine rings is 1. The summed E-state index contributed by atoms with van der Waals surface area (Å²) in [4.78, 5) is 11.7. The molecule has 0 saturated carbocycles. The van der Waals surface area contributed by atoms with Crippen LogP contribution in [0.15, 0.2) is 27.6 Å². The van der Waals surface area contributed by atoms with Crippen molar-refractivity contribution in [1.29, 1.82) is 0 Å². The molecule has 76 valence electrons. The zero-order valence-corrected chi connectivity index (χ0v) is 9.46. The lowest BCUT2D eigenvalue weighted by atomic mass is 10.1. The van der Waals surface area contributed by atoms with Gasteiger partial charge in [0.2, 0.25) is 0 Å². The topological polar surface area (TPSA) is 34.0 Å². The second kappa shape index (κ2) is 4.28. The van der Waals surface area contributed by atoms with Gasteiger partial charge < -0.3 is 9.88 Å². The molecule has 0 unspecified atom stereocenters. The van der Waals surface area contributed by atoms with Gasteiger partial charge in [-0.25, -0.2) is 0 Å². The third kappa shape index (κ3) is 2.07. The van der Waals surface area contributed by atoms with Crippen LogP contribution in [0, 0.1) is 0 Å². The summed E-state index contributed by atoms with van der Waals surface area (Å²) in [5.74, 6) is 0. The summed E-state index contributed by atoms with van der Waals surface area (Å²) >= 11 is 3.29. The first-order chi connectivity index (χ1) is 6.77. The lowest BCUT2D eigenvalue weighted by molar-refractivity contribution is 0.360. The van der Waals surface area contributed by atoms with Gasteiger partial charge >= 0.3 is 0 Å². The van der Waals surface area contributed by atoms with Crippen LogP contribution in [0.1, 0.15) is 18.9 Å². The van der Waals surface area contributed by atoms with E-state index in [4.69, 9.17) is 0 Å². The molecule has 0 bridgehead atoms. The number of piperidine rings is 1. The summed E-state index contributed by atoms with van der Waals surface area (Å²) in [5, 5.41) is 3.29. The fraction of sp³-hybridized carbons (Fsp3) is 0.500. The quantitative estimate of drug-likeness (QED) is 0.827. The average Bonchev–Trinajstić information content (AvgIpc) is 2.19. The Morgan fingerprint density at radius 1 is 1.43 bits per heavy atom. The molecule has 14 heavy (non-hydrogen) atoms. The first-order valence-corrected chi connectivity index (χ1v) is 5.65. The predicted molar refractivity (Wildman–Crippen MR) is 59.5 cm³/mol. The van der Waals surface area contributed by atoms with E-state index in [2.05, 4.69) is 21.2 Å². The smallest absolute Gasteiger partial charge is 0.251 e. The van der Waals surface area contributed by atoms with Gasteiger partial charge in [-0.3, -0.25) is 4.79 Å². The number of nitrogens with zero attached hydrogens (tertiary/aromatic N) is 1. The van der Waals surface area contributed by atoms with Crippen LogP contribution in [0.3, 0.4) is 0 Å². The van der Waals surface area contributed by atoms with E-state index in [-0.39, 0.29) is 5.56 Å². The largest absolute Gasteiger partial charge is 0.317 e. The molecule has 1 aliphatic heterocycles. The van der Waals surface area contributed by atoms with E-state index in [0.29, 0.717) is 6.04 Å². The molecule has 2 heterocycles. The third-order valence-electron chi connectivity index (χ3n) is 2.61. The van der Waals surface area contributed by atoms with Crippen molar-refractivity contribution >= 4 is 15.9 Å². The number of rotatable bonds is 1. The molecule has 1 aromatic rings. The van der Waals surface area contributed by atoms with Crippen molar-refractivity contribution in [2.24, 2.45) is 0 Å². The highest BCUT2D eigenvalue weighted by Crippen LogP contribution is 2.16. The van der Waals surface area contributed by atoms with E-state index in [0.717, 1.165) is 30.4 Å². The molecule has 0 aromatic carbocycles. The Kier molecular flexibility index (Phi) is 3.03. The average molecular weight is 257 g/mol. The minimum Gasteiger partial charge on any atom is -0.317 e. The van der Waals surface area contributed by atoms with Gasteiger partial charge in [-0.2, -0.15) is 0 Å². The maximum absolute atomic E-state index is 11.7. The molecule has 0 amide bonds. The number of hydrogen-bond acceptors (Lipinski definition) is 2. The van der Waals surface area contributed by atoms with E-state index < -0.39 is 0 Å². The Morgan fingerprint density at radius 3 is 2.79 bits per heavy atom. The minimum atomic E-state index is 0.0891. The SMILES string of the molecule is O=c1cc(Br)ccn1C1CCNCC1. The zero-order valence-electron chi connectivity index (χ0n) is 7.87. The van der Waals surface area contributed by atoms with E-state index >= 15 is 0 Å². The van der Waals surface area contributed by atoms with Crippen molar-refractivity contribution < 1.29 is 0 Å². The normalized spacial score (nSPS) is 18.4. The Bertz CT molecular complexity index is 369. The van der Waals surface area contributed by atoms with Gasteiger partial charge in [0.1, 0.15) is 0 Å². The summed E-state index contributed by atoms with van der Waals surface area (Å²) < 4.78 is 2.69. The fourth-order valence-corrected chi connectivity index (χ4v) is 2.17. The van der Waals surface area contributed by atoms with Gasteiger partial charge in [0.25, 0.3) is 5.56 Å². The molecule has 1 aromatic heterocycles. The molecule has 0 spiro atoms. The Hall–Kier alpha value is -0.610. The van der Waals surface area contributed by atoms with E-state index in [1.165, 1.54) is 0 Å². The molecule has 1 fully saturated rings. The Morgan fingerprint density at radius 2 is 2.14 bits per heavy atom. The van der Waals surface area contributed by atoms with Crippen LogP contribution in [0.2, 0.25) is 0 Å². The van der Waals surface area contributed by atoms with Crippen molar-refractivity contribution in [3.8, 4) is 0 Å². The maximum atomic E-state index is 11.7. The zero-order chi connectivity index (χ0) is 9.97. The van der Waals surface area contributed by atoms with Gasteiger partial charge in [0.15, 0.2) is 0 Å². The monoisotopic (exact) mass is 256 g/mol. The molecule has 1 aliphatic rings. The van der Waals surface area contributed by atoms with Gasteiger partial charge in [-0.1, -0.05) is 15.9 Å².